The normalized spacial score (nSPS) is 39.6. The van der Waals surface area contributed by atoms with Gasteiger partial charge in [-0.2, -0.15) is 0 Å². The van der Waals surface area contributed by atoms with Crippen LogP contribution in [0, 0.1) is 92.7 Å². The summed E-state index contributed by atoms with van der Waals surface area (Å²) in [6.07, 6.45) is 16.3. The molecule has 0 aliphatic heterocycles. The van der Waals surface area contributed by atoms with E-state index in [1.54, 1.807) is 42.5 Å². The highest BCUT2D eigenvalue weighted by atomic mass is 32.2. The van der Waals surface area contributed by atoms with Crippen LogP contribution in [0.4, 0.5) is 0 Å². The smallest absolute Gasteiger partial charge is 0.375 e. The molecule has 12 aliphatic carbocycles. The van der Waals surface area contributed by atoms with Crippen LogP contribution >= 0.6 is 0 Å². The second kappa shape index (κ2) is 29.3. The topological polar surface area (TPSA) is 350 Å². The maximum Gasteiger partial charge on any atom is 0.375 e. The first-order chi connectivity index (χ1) is 51.1. The van der Waals surface area contributed by atoms with E-state index in [0.29, 0.717) is 70.6 Å². The summed E-state index contributed by atoms with van der Waals surface area (Å²) in [6.45, 7) is 12.0. The van der Waals surface area contributed by atoms with E-state index in [0.717, 1.165) is 79.2 Å². The second-order valence-electron chi connectivity index (χ2n) is 35.4. The first kappa shape index (κ1) is 79.2. The Morgan fingerprint density at radius 1 is 0.472 bits per heavy atom. The fourth-order valence-corrected chi connectivity index (χ4v) is 26.6. The maximum atomic E-state index is 13.4. The highest BCUT2D eigenvalue weighted by molar-refractivity contribution is 7.91. The van der Waals surface area contributed by atoms with Crippen LogP contribution in [-0.2, 0) is 68.8 Å². The van der Waals surface area contributed by atoms with Crippen LogP contribution in [0.15, 0.2) is 117 Å². The molecule has 1 aromatic heterocycles. The van der Waals surface area contributed by atoms with Gasteiger partial charge >= 0.3 is 17.9 Å². The molecule has 0 bridgehead atoms. The third-order valence-corrected chi connectivity index (χ3v) is 32.3. The number of ether oxygens (including phenoxy) is 3. The minimum atomic E-state index is -3.72. The number of aliphatic hydroxyl groups is 6. The summed E-state index contributed by atoms with van der Waals surface area (Å²) in [7, 11) is -3.72. The standard InChI is InChI=1S/C30H38O8S.C30H38O6.C26H32O7/c1-28-13-10-20(32)16-19(28)8-9-22-23-11-14-30(25(34)18-31,29(23,2)17-24(33)27(22)28)38-26(35)12-15-39(36,37)21-6-4-3-5-7-21;1-18-4-6-19(7-5-18)14-26(35)36-30(25(34)17-31)13-11-23-22-9-8-20-15-21(32)10-12-28(20,2)27(22)24(33)16-29(23,30)3;1-24-9-7-16(28)12-15(24)5-6-17-18-8-10-26(21(30)14-27,25(18,2)13-19(29)22(17)24)33-23(31)20-4-3-11-32-20/h3-7,16,22-24,27,31,33H,8-15,17-18H2,1-2H3;4-7,15,22-24,27,31,33H,8-14,16-17H2,1-3H3;3-4,11-12,17-19,22,27,29H,5-10,13-14H2,1-2H3/t2*22-,23-,24-,27+,28-,29-,30-;17-,18-,19-,22+,24-,25-,26-/m000/s1. The lowest BCUT2D eigenvalue weighted by Gasteiger charge is -2.60. The molecule has 12 aliphatic rings. The Hall–Kier alpha value is -6.92. The number of Topliss-reactive ketones (excluding diaryl/α,β-unsaturated/α-hetero) is 3. The first-order valence-corrected chi connectivity index (χ1v) is 41.0. The quantitative estimate of drug-likeness (QED) is 0.0573. The summed E-state index contributed by atoms with van der Waals surface area (Å²) in [4.78, 5) is 116. The van der Waals surface area contributed by atoms with E-state index in [1.165, 1.54) is 24.5 Å². The number of benzene rings is 2. The van der Waals surface area contributed by atoms with Crippen molar-refractivity contribution in [2.24, 2.45) is 85.8 Å². The Labute approximate surface area is 632 Å². The van der Waals surface area contributed by atoms with Crippen molar-refractivity contribution in [2.75, 3.05) is 25.6 Å². The second-order valence-corrected chi connectivity index (χ2v) is 37.5. The van der Waals surface area contributed by atoms with Crippen molar-refractivity contribution in [3.8, 4) is 0 Å². The number of carbonyl (C=O) groups excluding carboxylic acids is 9. The van der Waals surface area contributed by atoms with Crippen molar-refractivity contribution in [2.45, 2.75) is 236 Å². The fraction of sp³-hybridized carbons (Fsp3) is 0.640. The molecule has 9 saturated carbocycles. The minimum Gasteiger partial charge on any atom is -0.457 e. The Morgan fingerprint density at radius 2 is 0.852 bits per heavy atom. The molecular formula is C86H108O21S. The van der Waals surface area contributed by atoms with Gasteiger partial charge in [0.1, 0.15) is 19.8 Å². The summed E-state index contributed by atoms with van der Waals surface area (Å²) in [5, 5.41) is 64.6. The van der Waals surface area contributed by atoms with Crippen LogP contribution < -0.4 is 0 Å². The Balaban J connectivity index is 0.000000143. The number of esters is 3. The van der Waals surface area contributed by atoms with E-state index < -0.39 is 128 Å². The average Bonchev–Trinajstić information content (AvgIpc) is 1.46. The van der Waals surface area contributed by atoms with Crippen molar-refractivity contribution in [3.05, 3.63) is 125 Å². The number of aryl methyl sites for hydroxylation is 1. The van der Waals surface area contributed by atoms with Gasteiger partial charge in [0, 0.05) is 35.5 Å². The van der Waals surface area contributed by atoms with Crippen LogP contribution in [-0.4, -0.2) is 152 Å². The molecule has 21 atom stereocenters. The number of allylic oxidation sites excluding steroid dienone is 3. The van der Waals surface area contributed by atoms with Crippen molar-refractivity contribution in [3.63, 3.8) is 0 Å². The number of sulfone groups is 1. The zero-order chi connectivity index (χ0) is 77.7. The molecule has 9 fully saturated rings. The van der Waals surface area contributed by atoms with Crippen LogP contribution in [0.1, 0.15) is 204 Å². The molecular weight excluding hydrogens is 1400 g/mol. The molecule has 2 aromatic carbocycles. The molecule has 108 heavy (non-hydrogen) atoms. The third kappa shape index (κ3) is 12.9. The highest BCUT2D eigenvalue weighted by Gasteiger charge is 2.74. The lowest BCUT2D eigenvalue weighted by Crippen LogP contribution is -2.63. The number of aliphatic hydroxyl groups excluding tert-OH is 6. The Morgan fingerprint density at radius 3 is 1.22 bits per heavy atom. The fourth-order valence-electron chi connectivity index (χ4n) is 25.4. The number of ketones is 6. The van der Waals surface area contributed by atoms with Crippen LogP contribution in [0.5, 0.6) is 0 Å². The van der Waals surface area contributed by atoms with Gasteiger partial charge in [-0.25, -0.2) is 13.2 Å². The van der Waals surface area contributed by atoms with Gasteiger partial charge in [0.05, 0.1) is 48.1 Å². The monoisotopic (exact) mass is 1510 g/mol. The summed E-state index contributed by atoms with van der Waals surface area (Å²) in [5.74, 6) is -3.19. The van der Waals surface area contributed by atoms with Crippen LogP contribution in [0.25, 0.3) is 0 Å². The summed E-state index contributed by atoms with van der Waals surface area (Å²) < 4.78 is 48.6. The van der Waals surface area contributed by atoms with Gasteiger partial charge in [0.2, 0.25) is 23.1 Å². The summed E-state index contributed by atoms with van der Waals surface area (Å²) >= 11 is 0. The molecule has 0 amide bonds. The Kier molecular flexibility index (Phi) is 21.5. The van der Waals surface area contributed by atoms with Crippen molar-refractivity contribution in [1.82, 2.24) is 0 Å². The molecule has 6 N–H and O–H groups in total. The number of hydrogen-bond acceptors (Lipinski definition) is 21. The van der Waals surface area contributed by atoms with Crippen molar-refractivity contribution in [1.29, 1.82) is 0 Å². The first-order valence-electron chi connectivity index (χ1n) is 39.3. The number of furan rings is 1. The predicted molar refractivity (Wildman–Crippen MR) is 393 cm³/mol. The van der Waals surface area contributed by atoms with E-state index in [9.17, 15) is 82.2 Å². The minimum absolute atomic E-state index is 0.00645. The molecule has 1 heterocycles. The molecule has 584 valence electrons. The van der Waals surface area contributed by atoms with Gasteiger partial charge in [-0.1, -0.05) is 106 Å². The van der Waals surface area contributed by atoms with Gasteiger partial charge < -0.3 is 49.3 Å². The lowest BCUT2D eigenvalue weighted by molar-refractivity contribution is -0.202. The third-order valence-electron chi connectivity index (χ3n) is 30.5. The Bertz CT molecular complexity index is 4270. The van der Waals surface area contributed by atoms with E-state index in [2.05, 4.69) is 20.8 Å². The van der Waals surface area contributed by atoms with Gasteiger partial charge in [-0.15, -0.1) is 0 Å². The van der Waals surface area contributed by atoms with Gasteiger partial charge in [-0.3, -0.25) is 38.4 Å². The van der Waals surface area contributed by atoms with E-state index in [4.69, 9.17) is 18.6 Å². The van der Waals surface area contributed by atoms with Crippen LogP contribution in [0.2, 0.25) is 0 Å². The van der Waals surface area contributed by atoms with Crippen LogP contribution in [0.3, 0.4) is 0 Å². The number of carbonyl (C=O) groups is 9. The van der Waals surface area contributed by atoms with Gasteiger partial charge in [0.15, 0.2) is 44.0 Å². The van der Waals surface area contributed by atoms with Gasteiger partial charge in [0.25, 0.3) is 0 Å². The van der Waals surface area contributed by atoms with E-state index >= 15 is 0 Å². The maximum absolute atomic E-state index is 13.4. The van der Waals surface area contributed by atoms with E-state index in [1.807, 2.05) is 52.0 Å². The number of hydrogen-bond donors (Lipinski definition) is 6. The molecule has 0 unspecified atom stereocenters. The molecule has 0 spiro atoms. The molecule has 21 nitrogen and oxygen atoms in total. The number of fused-ring (bicyclic) bond motifs is 15. The SMILES string of the molecule is C[C@]12CCC(=O)C=C1CC[C@@H]1[C@@H]2[C@@H](O)C[C@@]2(C)[C@H]1CC[C@]2(OC(=O)CCS(=O)(=O)c1ccccc1)C(=O)CO.C[C@]12CCC(=O)C=C1CC[C@@H]1[C@@H]2[C@@H](O)C[C@@]2(C)[C@H]1CC[C@]2(OC(=O)c1ccco1)C(=O)CO.Cc1ccc(CC(=O)O[C@]2(C(=O)CO)CC[C@H]3[C@@H]4CCC5=CC(=O)CC[C@]5(C)[C@H]4[C@@H](O)C[C@@]32C)cc1. The summed E-state index contributed by atoms with van der Waals surface area (Å²) in [6, 6.07) is 18.6. The highest BCUT2D eigenvalue weighted by Crippen LogP contribution is 2.72. The molecule has 3 aromatic rings. The van der Waals surface area contributed by atoms with E-state index in [-0.39, 0.29) is 117 Å². The van der Waals surface area contributed by atoms with Gasteiger partial charge in [-0.05, 0) is 240 Å². The molecule has 22 heteroatoms. The zero-order valence-corrected chi connectivity index (χ0v) is 64.2. The largest absolute Gasteiger partial charge is 0.457 e. The molecule has 0 saturated heterocycles. The lowest BCUT2D eigenvalue weighted by atomic mass is 9.45. The molecule has 15 rings (SSSR count). The molecule has 0 radical (unpaired) electrons. The zero-order valence-electron chi connectivity index (χ0n) is 63.4. The number of rotatable bonds is 16. The van der Waals surface area contributed by atoms with Crippen molar-refractivity contribution >= 4 is 62.4 Å². The summed E-state index contributed by atoms with van der Waals surface area (Å²) in [5.41, 5.74) is -2.54. The van der Waals surface area contributed by atoms with Crippen molar-refractivity contribution < 1.29 is 101 Å². The predicted octanol–water partition coefficient (Wildman–Crippen LogP) is 10.3. The average molecular weight is 1510 g/mol.